The van der Waals surface area contributed by atoms with E-state index in [1.54, 1.807) is 0 Å². The lowest BCUT2D eigenvalue weighted by atomic mass is 9.89. The first kappa shape index (κ1) is 18.0. The Balaban J connectivity index is 0.00000200. The standard InChI is InChI=1S/C14H28N4O.HI/c1-14(11-19-12-14)10-17-13(15-2)16-6-9-18-7-4-3-5-8-18;/h3-12H2,1-2H3,(H2,15,16,17);1H. The molecule has 2 fully saturated rings. The lowest BCUT2D eigenvalue weighted by molar-refractivity contribution is -0.0971. The number of nitrogens with one attached hydrogen (secondary N) is 2. The van der Waals surface area contributed by atoms with Crippen LogP contribution in [0.2, 0.25) is 0 Å². The van der Waals surface area contributed by atoms with Gasteiger partial charge in [-0.2, -0.15) is 0 Å². The van der Waals surface area contributed by atoms with Gasteiger partial charge in [0.25, 0.3) is 0 Å². The van der Waals surface area contributed by atoms with E-state index in [4.69, 9.17) is 4.74 Å². The lowest BCUT2D eigenvalue weighted by Crippen LogP contribution is -2.51. The van der Waals surface area contributed by atoms with Crippen LogP contribution < -0.4 is 10.6 Å². The second-order valence-electron chi connectivity index (χ2n) is 6.06. The highest BCUT2D eigenvalue weighted by Crippen LogP contribution is 2.24. The van der Waals surface area contributed by atoms with E-state index in [2.05, 4.69) is 27.4 Å². The topological polar surface area (TPSA) is 48.9 Å². The van der Waals surface area contributed by atoms with Crippen molar-refractivity contribution in [3.8, 4) is 0 Å². The van der Waals surface area contributed by atoms with Crippen molar-refractivity contribution in [3.63, 3.8) is 0 Å². The van der Waals surface area contributed by atoms with Crippen LogP contribution in [0.5, 0.6) is 0 Å². The van der Waals surface area contributed by atoms with Gasteiger partial charge in [0.05, 0.1) is 13.2 Å². The van der Waals surface area contributed by atoms with Crippen LogP contribution in [0, 0.1) is 5.41 Å². The molecule has 2 heterocycles. The third kappa shape index (κ3) is 5.73. The highest BCUT2D eigenvalue weighted by atomic mass is 127. The van der Waals surface area contributed by atoms with Crippen LogP contribution in [0.1, 0.15) is 26.2 Å². The van der Waals surface area contributed by atoms with Crippen LogP contribution in [0.4, 0.5) is 0 Å². The van der Waals surface area contributed by atoms with Gasteiger partial charge in [-0.05, 0) is 25.9 Å². The van der Waals surface area contributed by atoms with E-state index in [1.807, 2.05) is 7.05 Å². The van der Waals surface area contributed by atoms with Crippen LogP contribution in [0.3, 0.4) is 0 Å². The molecule has 0 bridgehead atoms. The van der Waals surface area contributed by atoms with Gasteiger partial charge in [-0.25, -0.2) is 0 Å². The van der Waals surface area contributed by atoms with Gasteiger partial charge in [0.1, 0.15) is 0 Å². The van der Waals surface area contributed by atoms with Crippen molar-refractivity contribution in [2.24, 2.45) is 10.4 Å². The lowest BCUT2D eigenvalue weighted by Gasteiger charge is -2.38. The fourth-order valence-corrected chi connectivity index (χ4v) is 2.59. The maximum absolute atomic E-state index is 5.26. The molecule has 5 nitrogen and oxygen atoms in total. The quantitative estimate of drug-likeness (QED) is 0.418. The number of piperidine rings is 1. The van der Waals surface area contributed by atoms with Crippen LogP contribution in [0.25, 0.3) is 0 Å². The Hall–Kier alpha value is -0.0800. The Morgan fingerprint density at radius 2 is 1.90 bits per heavy atom. The molecule has 20 heavy (non-hydrogen) atoms. The normalized spacial score (nSPS) is 22.6. The predicted molar refractivity (Wildman–Crippen MR) is 94.0 cm³/mol. The van der Waals surface area contributed by atoms with Crippen molar-refractivity contribution in [2.45, 2.75) is 26.2 Å². The van der Waals surface area contributed by atoms with Crippen LogP contribution in [-0.4, -0.2) is 63.8 Å². The molecule has 0 radical (unpaired) electrons. The van der Waals surface area contributed by atoms with E-state index < -0.39 is 0 Å². The Bertz CT molecular complexity index is 302. The SMILES string of the molecule is CN=C(NCCN1CCCCC1)NCC1(C)COC1.I. The molecule has 0 spiro atoms. The molecule has 0 aromatic heterocycles. The molecule has 0 aromatic carbocycles. The Morgan fingerprint density at radius 3 is 2.45 bits per heavy atom. The summed E-state index contributed by atoms with van der Waals surface area (Å²) in [6, 6.07) is 0. The average Bonchev–Trinajstić information content (AvgIpc) is 2.41. The van der Waals surface area contributed by atoms with Crippen LogP contribution >= 0.6 is 24.0 Å². The van der Waals surface area contributed by atoms with Crippen molar-refractivity contribution in [1.29, 1.82) is 0 Å². The number of nitrogens with zero attached hydrogens (tertiary/aromatic N) is 2. The highest BCUT2D eigenvalue weighted by Gasteiger charge is 2.33. The van der Waals surface area contributed by atoms with Gasteiger partial charge >= 0.3 is 0 Å². The number of aliphatic imine (C=N–C) groups is 1. The van der Waals surface area contributed by atoms with Crippen molar-refractivity contribution in [2.75, 3.05) is 53.0 Å². The summed E-state index contributed by atoms with van der Waals surface area (Å²) in [5, 5.41) is 6.78. The first-order chi connectivity index (χ1) is 9.22. The highest BCUT2D eigenvalue weighted by molar-refractivity contribution is 14.0. The number of hydrogen-bond donors (Lipinski definition) is 2. The molecule has 118 valence electrons. The maximum atomic E-state index is 5.26. The summed E-state index contributed by atoms with van der Waals surface area (Å²) in [4.78, 5) is 6.80. The zero-order valence-electron chi connectivity index (χ0n) is 12.8. The first-order valence-corrected chi connectivity index (χ1v) is 7.46. The zero-order chi connectivity index (χ0) is 13.6. The van der Waals surface area contributed by atoms with Crippen molar-refractivity contribution >= 4 is 29.9 Å². The van der Waals surface area contributed by atoms with Gasteiger partial charge in [-0.1, -0.05) is 13.3 Å². The molecule has 0 amide bonds. The molecule has 0 saturated carbocycles. The zero-order valence-corrected chi connectivity index (χ0v) is 15.1. The molecule has 2 aliphatic rings. The van der Waals surface area contributed by atoms with Crippen molar-refractivity contribution in [1.82, 2.24) is 15.5 Å². The van der Waals surface area contributed by atoms with E-state index in [0.717, 1.165) is 38.8 Å². The monoisotopic (exact) mass is 396 g/mol. The van der Waals surface area contributed by atoms with Crippen molar-refractivity contribution < 1.29 is 4.74 Å². The molecule has 2 N–H and O–H groups in total. The summed E-state index contributed by atoms with van der Waals surface area (Å²) in [6.45, 7) is 9.46. The summed E-state index contributed by atoms with van der Waals surface area (Å²) in [5.41, 5.74) is 0.282. The first-order valence-electron chi connectivity index (χ1n) is 7.46. The number of guanidine groups is 1. The molecule has 2 saturated heterocycles. The minimum Gasteiger partial charge on any atom is -0.380 e. The van der Waals surface area contributed by atoms with Gasteiger partial charge in [0, 0.05) is 32.1 Å². The maximum Gasteiger partial charge on any atom is 0.191 e. The number of hydrogen-bond acceptors (Lipinski definition) is 3. The van der Waals surface area contributed by atoms with E-state index >= 15 is 0 Å². The van der Waals surface area contributed by atoms with Crippen LogP contribution in [0.15, 0.2) is 4.99 Å². The summed E-state index contributed by atoms with van der Waals surface area (Å²) in [5.74, 6) is 0.908. The van der Waals surface area contributed by atoms with Crippen molar-refractivity contribution in [3.05, 3.63) is 0 Å². The fraction of sp³-hybridized carbons (Fsp3) is 0.929. The number of rotatable bonds is 5. The van der Waals surface area contributed by atoms with E-state index in [0.29, 0.717) is 0 Å². The second kappa shape index (κ2) is 9.04. The predicted octanol–water partition coefficient (Wildman–Crippen LogP) is 1.29. The minimum atomic E-state index is 0. The van der Waals surface area contributed by atoms with Gasteiger partial charge in [0.2, 0.25) is 0 Å². The van der Waals surface area contributed by atoms with Gasteiger partial charge in [-0.3, -0.25) is 4.99 Å². The van der Waals surface area contributed by atoms with E-state index in [-0.39, 0.29) is 29.4 Å². The third-order valence-corrected chi connectivity index (χ3v) is 3.98. The molecule has 6 heteroatoms. The largest absolute Gasteiger partial charge is 0.380 e. The van der Waals surface area contributed by atoms with Gasteiger partial charge < -0.3 is 20.3 Å². The molecular weight excluding hydrogens is 367 g/mol. The second-order valence-corrected chi connectivity index (χ2v) is 6.06. The van der Waals surface area contributed by atoms with Crippen LogP contribution in [-0.2, 0) is 4.74 Å². The van der Waals surface area contributed by atoms with Gasteiger partial charge in [-0.15, -0.1) is 24.0 Å². The number of ether oxygens (including phenoxy) is 1. The molecule has 0 atom stereocenters. The Morgan fingerprint density at radius 1 is 1.20 bits per heavy atom. The summed E-state index contributed by atoms with van der Waals surface area (Å²) in [7, 11) is 1.83. The smallest absolute Gasteiger partial charge is 0.191 e. The summed E-state index contributed by atoms with van der Waals surface area (Å²) >= 11 is 0. The van der Waals surface area contributed by atoms with E-state index in [9.17, 15) is 0 Å². The van der Waals surface area contributed by atoms with E-state index in [1.165, 1.54) is 32.4 Å². The molecular formula is C14H29IN4O. The molecule has 2 rings (SSSR count). The molecule has 0 aromatic rings. The fourth-order valence-electron chi connectivity index (χ4n) is 2.59. The molecule has 0 aliphatic carbocycles. The Labute approximate surface area is 139 Å². The minimum absolute atomic E-state index is 0. The number of halogens is 1. The molecule has 2 aliphatic heterocycles. The third-order valence-electron chi connectivity index (χ3n) is 3.98. The van der Waals surface area contributed by atoms with Gasteiger partial charge in [0.15, 0.2) is 5.96 Å². The summed E-state index contributed by atoms with van der Waals surface area (Å²) in [6.07, 6.45) is 4.10. The number of likely N-dealkylation sites (tertiary alicyclic amines) is 1. The average molecular weight is 396 g/mol. The summed E-state index contributed by atoms with van der Waals surface area (Å²) < 4.78 is 5.26. The Kier molecular flexibility index (Phi) is 8.13. The molecule has 0 unspecified atom stereocenters.